The first-order valence-electron chi connectivity index (χ1n) is 4.06. The van der Waals surface area contributed by atoms with E-state index in [1.54, 1.807) is 25.1 Å². The maximum absolute atomic E-state index is 5.98. The Labute approximate surface area is 103 Å². The monoisotopic (exact) mass is 261 g/mol. The third kappa shape index (κ3) is 3.66. The fraction of sp³-hybridized carbons (Fsp3) is 0.111. The topological polar surface area (TPSA) is 50.4 Å². The van der Waals surface area contributed by atoms with Gasteiger partial charge in [-0.3, -0.25) is 5.43 Å². The lowest BCUT2D eigenvalue weighted by molar-refractivity contribution is 1.03. The molecule has 3 N–H and O–H groups in total. The molecule has 0 bridgehead atoms. The molecule has 0 amide bonds. The predicted molar refractivity (Wildman–Crippen MR) is 68.6 cm³/mol. The van der Waals surface area contributed by atoms with Gasteiger partial charge in [-0.2, -0.15) is 5.10 Å². The second-order valence-corrected chi connectivity index (χ2v) is 4.08. The lowest BCUT2D eigenvalue weighted by Crippen LogP contribution is -2.25. The van der Waals surface area contributed by atoms with Crippen molar-refractivity contribution in [3.8, 4) is 0 Å². The van der Waals surface area contributed by atoms with Crippen molar-refractivity contribution in [3.05, 3.63) is 33.8 Å². The molecule has 0 aliphatic heterocycles. The third-order valence-electron chi connectivity index (χ3n) is 1.65. The molecule has 0 aliphatic carbocycles. The minimum absolute atomic E-state index is 0.104. The fourth-order valence-corrected chi connectivity index (χ4v) is 1.45. The highest BCUT2D eigenvalue weighted by Crippen LogP contribution is 2.21. The number of hydrazone groups is 1. The molecule has 0 spiro atoms. The standard InChI is InChI=1S/C9H9Cl2N3S/c1-5(13-14-9(12)15)7-4-6(10)2-3-8(7)11/h2-4H,1H3,(H3,12,14,15)/b13-5+. The summed E-state index contributed by atoms with van der Waals surface area (Å²) in [6.07, 6.45) is 0. The van der Waals surface area contributed by atoms with Crippen LogP contribution in [0.5, 0.6) is 0 Å². The Kier molecular flexibility index (Phi) is 4.32. The molecule has 0 aliphatic rings. The van der Waals surface area contributed by atoms with Crippen LogP contribution in [-0.4, -0.2) is 10.8 Å². The molecular weight excluding hydrogens is 253 g/mol. The van der Waals surface area contributed by atoms with E-state index in [4.69, 9.17) is 28.9 Å². The quantitative estimate of drug-likeness (QED) is 0.489. The summed E-state index contributed by atoms with van der Waals surface area (Å²) < 4.78 is 0. The van der Waals surface area contributed by atoms with Crippen molar-refractivity contribution < 1.29 is 0 Å². The Bertz CT molecular complexity index is 418. The second-order valence-electron chi connectivity index (χ2n) is 2.80. The van der Waals surface area contributed by atoms with Crippen molar-refractivity contribution in [1.82, 2.24) is 5.43 Å². The number of nitrogens with two attached hydrogens (primary N) is 1. The molecule has 15 heavy (non-hydrogen) atoms. The zero-order chi connectivity index (χ0) is 11.4. The van der Waals surface area contributed by atoms with Crippen LogP contribution in [0.1, 0.15) is 12.5 Å². The average molecular weight is 262 g/mol. The summed E-state index contributed by atoms with van der Waals surface area (Å²) in [5.74, 6) is 0. The molecular formula is C9H9Cl2N3S. The summed E-state index contributed by atoms with van der Waals surface area (Å²) in [6, 6.07) is 5.14. The van der Waals surface area contributed by atoms with E-state index in [2.05, 4.69) is 22.7 Å². The van der Waals surface area contributed by atoms with Crippen molar-refractivity contribution in [3.63, 3.8) is 0 Å². The normalized spacial score (nSPS) is 11.3. The molecule has 0 saturated heterocycles. The number of halogens is 2. The van der Waals surface area contributed by atoms with Gasteiger partial charge >= 0.3 is 0 Å². The summed E-state index contributed by atoms with van der Waals surface area (Å²) >= 11 is 16.4. The molecule has 6 heteroatoms. The molecule has 0 heterocycles. The van der Waals surface area contributed by atoms with Gasteiger partial charge in [0.2, 0.25) is 0 Å². The lowest BCUT2D eigenvalue weighted by atomic mass is 10.1. The van der Waals surface area contributed by atoms with E-state index in [1.807, 2.05) is 0 Å². The number of hydrogen-bond acceptors (Lipinski definition) is 2. The zero-order valence-corrected chi connectivity index (χ0v) is 10.2. The van der Waals surface area contributed by atoms with Crippen LogP contribution >= 0.6 is 35.4 Å². The number of rotatable bonds is 2. The molecule has 0 unspecified atom stereocenters. The van der Waals surface area contributed by atoms with Crippen molar-refractivity contribution in [2.24, 2.45) is 10.8 Å². The maximum Gasteiger partial charge on any atom is 0.184 e. The van der Waals surface area contributed by atoms with Gasteiger partial charge in [-0.15, -0.1) is 0 Å². The average Bonchev–Trinajstić information content (AvgIpc) is 2.18. The number of nitrogens with zero attached hydrogens (tertiary/aromatic N) is 1. The predicted octanol–water partition coefficient (Wildman–Crippen LogP) is 2.55. The number of hydrogen-bond donors (Lipinski definition) is 2. The van der Waals surface area contributed by atoms with Crippen LogP contribution in [0.2, 0.25) is 10.0 Å². The SMILES string of the molecule is C/C(=N\NC(N)=S)c1cc(Cl)ccc1Cl. The van der Waals surface area contributed by atoms with E-state index in [-0.39, 0.29) is 5.11 Å². The van der Waals surface area contributed by atoms with Gasteiger partial charge in [0.05, 0.1) is 5.71 Å². The molecule has 0 aromatic heterocycles. The van der Waals surface area contributed by atoms with E-state index in [9.17, 15) is 0 Å². The Hall–Kier alpha value is -0.840. The van der Waals surface area contributed by atoms with Gasteiger partial charge in [0.1, 0.15) is 0 Å². The third-order valence-corrected chi connectivity index (χ3v) is 2.31. The van der Waals surface area contributed by atoms with Crippen LogP contribution in [0.4, 0.5) is 0 Å². The van der Waals surface area contributed by atoms with Crippen molar-refractivity contribution in [2.45, 2.75) is 6.92 Å². The second kappa shape index (κ2) is 5.30. The van der Waals surface area contributed by atoms with Gasteiger partial charge in [0.15, 0.2) is 5.11 Å². The van der Waals surface area contributed by atoms with E-state index in [0.29, 0.717) is 15.8 Å². The van der Waals surface area contributed by atoms with Gasteiger partial charge in [0.25, 0.3) is 0 Å². The van der Waals surface area contributed by atoms with Crippen LogP contribution in [0.15, 0.2) is 23.3 Å². The minimum Gasteiger partial charge on any atom is -0.375 e. The van der Waals surface area contributed by atoms with Crippen molar-refractivity contribution in [2.75, 3.05) is 0 Å². The van der Waals surface area contributed by atoms with Crippen molar-refractivity contribution in [1.29, 1.82) is 0 Å². The van der Waals surface area contributed by atoms with Crippen LogP contribution in [0.25, 0.3) is 0 Å². The largest absolute Gasteiger partial charge is 0.375 e. The molecule has 0 fully saturated rings. The first-order chi connectivity index (χ1) is 7.00. The van der Waals surface area contributed by atoms with E-state index < -0.39 is 0 Å². The number of thiocarbonyl (C=S) groups is 1. The highest BCUT2D eigenvalue weighted by molar-refractivity contribution is 7.80. The molecule has 3 nitrogen and oxygen atoms in total. The van der Waals surface area contributed by atoms with E-state index in [1.165, 1.54) is 0 Å². The molecule has 1 aromatic rings. The Morgan fingerprint density at radius 3 is 2.73 bits per heavy atom. The number of benzene rings is 1. The molecule has 0 saturated carbocycles. The molecule has 0 radical (unpaired) electrons. The summed E-state index contributed by atoms with van der Waals surface area (Å²) in [5, 5.41) is 5.23. The smallest absolute Gasteiger partial charge is 0.184 e. The first kappa shape index (κ1) is 12.2. The van der Waals surface area contributed by atoms with Gasteiger partial charge in [0, 0.05) is 15.6 Å². The minimum atomic E-state index is 0.104. The number of nitrogens with one attached hydrogen (secondary N) is 1. The summed E-state index contributed by atoms with van der Waals surface area (Å²) in [5.41, 5.74) is 9.13. The molecule has 0 atom stereocenters. The van der Waals surface area contributed by atoms with Gasteiger partial charge in [-0.05, 0) is 37.3 Å². The summed E-state index contributed by atoms with van der Waals surface area (Å²) in [4.78, 5) is 0. The Balaban J connectivity index is 2.99. The van der Waals surface area contributed by atoms with Crippen molar-refractivity contribution >= 4 is 46.2 Å². The molecule has 80 valence electrons. The highest BCUT2D eigenvalue weighted by atomic mass is 35.5. The molecule has 1 rings (SSSR count). The first-order valence-corrected chi connectivity index (χ1v) is 5.22. The Morgan fingerprint density at radius 1 is 1.47 bits per heavy atom. The highest BCUT2D eigenvalue weighted by Gasteiger charge is 2.04. The van der Waals surface area contributed by atoms with E-state index in [0.717, 1.165) is 5.56 Å². The fourth-order valence-electron chi connectivity index (χ4n) is 0.974. The summed E-state index contributed by atoms with van der Waals surface area (Å²) in [7, 11) is 0. The van der Waals surface area contributed by atoms with Crippen LogP contribution in [-0.2, 0) is 0 Å². The molecule has 1 aromatic carbocycles. The maximum atomic E-state index is 5.98. The van der Waals surface area contributed by atoms with Gasteiger partial charge in [-0.25, -0.2) is 0 Å². The van der Waals surface area contributed by atoms with Gasteiger partial charge in [-0.1, -0.05) is 23.2 Å². The Morgan fingerprint density at radius 2 is 2.13 bits per heavy atom. The van der Waals surface area contributed by atoms with Gasteiger partial charge < -0.3 is 5.73 Å². The van der Waals surface area contributed by atoms with Crippen LogP contribution < -0.4 is 11.2 Å². The van der Waals surface area contributed by atoms with Crippen LogP contribution in [0.3, 0.4) is 0 Å². The zero-order valence-electron chi connectivity index (χ0n) is 7.92. The summed E-state index contributed by atoms with van der Waals surface area (Å²) in [6.45, 7) is 1.78. The van der Waals surface area contributed by atoms with E-state index >= 15 is 0 Å². The van der Waals surface area contributed by atoms with Crippen LogP contribution in [0, 0.1) is 0 Å². The lowest BCUT2D eigenvalue weighted by Gasteiger charge is -2.04.